The summed E-state index contributed by atoms with van der Waals surface area (Å²) in [4.78, 5) is 27.5. The number of alkyl halides is 1. The second-order valence-electron chi connectivity index (χ2n) is 7.97. The fourth-order valence-electron chi connectivity index (χ4n) is 3.69. The summed E-state index contributed by atoms with van der Waals surface area (Å²) in [5.41, 5.74) is 3.23. The number of anilines is 2. The second kappa shape index (κ2) is 8.52. The Labute approximate surface area is 185 Å². The SMILES string of the molecule is Cc1ncc(C#Cc2ccc(N3CCOCC3)cn2)c2cc(NC(=O)[C@@H]3C[C@@H]3F)ncc12. The third-order valence-corrected chi connectivity index (χ3v) is 5.72. The predicted octanol–water partition coefficient (Wildman–Crippen LogP) is 2.87. The zero-order valence-corrected chi connectivity index (χ0v) is 17.6. The summed E-state index contributed by atoms with van der Waals surface area (Å²) in [7, 11) is 0. The van der Waals surface area contributed by atoms with Gasteiger partial charge in [0.2, 0.25) is 5.91 Å². The number of pyridine rings is 3. The van der Waals surface area contributed by atoms with Crippen molar-refractivity contribution in [2.75, 3.05) is 36.5 Å². The van der Waals surface area contributed by atoms with Gasteiger partial charge in [-0.1, -0.05) is 5.92 Å². The third kappa shape index (κ3) is 4.25. The quantitative estimate of drug-likeness (QED) is 0.643. The lowest BCUT2D eigenvalue weighted by Crippen LogP contribution is -2.36. The monoisotopic (exact) mass is 431 g/mol. The molecule has 0 radical (unpaired) electrons. The van der Waals surface area contributed by atoms with Crippen LogP contribution < -0.4 is 10.2 Å². The number of carbonyl (C=O) groups is 1. The Morgan fingerprint density at radius 2 is 1.94 bits per heavy atom. The Hall–Kier alpha value is -3.57. The number of rotatable bonds is 3. The molecule has 2 fully saturated rings. The molecular weight excluding hydrogens is 409 g/mol. The minimum atomic E-state index is -1.05. The topological polar surface area (TPSA) is 80.2 Å². The molecule has 2 atom stereocenters. The predicted molar refractivity (Wildman–Crippen MR) is 119 cm³/mol. The first kappa shape index (κ1) is 20.3. The van der Waals surface area contributed by atoms with Gasteiger partial charge in [0.15, 0.2) is 0 Å². The molecule has 8 heteroatoms. The number of halogens is 1. The van der Waals surface area contributed by atoms with E-state index in [1.54, 1.807) is 18.5 Å². The summed E-state index contributed by atoms with van der Waals surface area (Å²) in [5.74, 6) is 5.70. The summed E-state index contributed by atoms with van der Waals surface area (Å²) in [6, 6.07) is 5.68. The normalized spacial score (nSPS) is 19.9. The second-order valence-corrected chi connectivity index (χ2v) is 7.97. The van der Waals surface area contributed by atoms with Crippen LogP contribution in [0.1, 0.15) is 23.4 Å². The summed E-state index contributed by atoms with van der Waals surface area (Å²) in [5, 5.41) is 4.37. The summed E-state index contributed by atoms with van der Waals surface area (Å²) >= 11 is 0. The summed E-state index contributed by atoms with van der Waals surface area (Å²) in [6.45, 7) is 5.05. The number of amides is 1. The van der Waals surface area contributed by atoms with Gasteiger partial charge in [-0.25, -0.2) is 14.4 Å². The molecule has 7 nitrogen and oxygen atoms in total. The van der Waals surface area contributed by atoms with Crippen LogP contribution in [0.15, 0.2) is 36.8 Å². The molecule has 1 amide bonds. The molecule has 0 spiro atoms. The molecule has 2 aliphatic rings. The number of hydrogen-bond acceptors (Lipinski definition) is 6. The van der Waals surface area contributed by atoms with Crippen LogP contribution in [0.3, 0.4) is 0 Å². The standard InChI is InChI=1S/C24H22FN5O2/c1-15-21-14-28-23(29-24(31)20-10-22(20)25)11-19(21)16(12-26-15)2-3-17-4-5-18(13-27-17)30-6-8-32-9-7-30/h4-5,11-14,20,22H,6-10H2,1H3,(H,28,29,31)/t20-,22+/m1/s1. The van der Waals surface area contributed by atoms with E-state index in [0.29, 0.717) is 17.1 Å². The molecule has 162 valence electrons. The van der Waals surface area contributed by atoms with Gasteiger partial charge in [0.1, 0.15) is 17.7 Å². The third-order valence-electron chi connectivity index (χ3n) is 5.72. The van der Waals surface area contributed by atoms with Crippen LogP contribution in [0.25, 0.3) is 10.8 Å². The van der Waals surface area contributed by atoms with Crippen molar-refractivity contribution < 1.29 is 13.9 Å². The first-order valence-electron chi connectivity index (χ1n) is 10.6. The molecule has 1 saturated carbocycles. The number of hydrogen-bond donors (Lipinski definition) is 1. The summed E-state index contributed by atoms with van der Waals surface area (Å²) < 4.78 is 18.6. The maximum Gasteiger partial charge on any atom is 0.231 e. The van der Waals surface area contributed by atoms with Crippen molar-refractivity contribution in [3.8, 4) is 11.8 Å². The van der Waals surface area contributed by atoms with Crippen molar-refractivity contribution in [3.05, 3.63) is 53.7 Å². The molecule has 0 unspecified atom stereocenters. The van der Waals surface area contributed by atoms with Gasteiger partial charge in [-0.3, -0.25) is 9.78 Å². The van der Waals surface area contributed by atoms with Crippen LogP contribution in [0.4, 0.5) is 15.9 Å². The van der Waals surface area contributed by atoms with E-state index < -0.39 is 12.1 Å². The van der Waals surface area contributed by atoms with E-state index in [-0.39, 0.29) is 12.3 Å². The minimum absolute atomic E-state index is 0.274. The van der Waals surface area contributed by atoms with Gasteiger partial charge in [-0.15, -0.1) is 0 Å². The summed E-state index contributed by atoms with van der Waals surface area (Å²) in [6.07, 6.45) is 4.42. The van der Waals surface area contributed by atoms with E-state index in [1.165, 1.54) is 0 Å². The number of aryl methyl sites for hydroxylation is 1. The Bertz CT molecular complexity index is 1230. The molecule has 4 heterocycles. The van der Waals surface area contributed by atoms with E-state index in [4.69, 9.17) is 4.74 Å². The van der Waals surface area contributed by atoms with Gasteiger partial charge in [0.05, 0.1) is 36.6 Å². The first-order chi connectivity index (χ1) is 15.6. The molecule has 1 aliphatic heterocycles. The highest BCUT2D eigenvalue weighted by molar-refractivity contribution is 5.97. The van der Waals surface area contributed by atoms with Gasteiger partial charge in [0, 0.05) is 41.9 Å². The Morgan fingerprint density at radius 1 is 1.12 bits per heavy atom. The van der Waals surface area contributed by atoms with Crippen molar-refractivity contribution in [1.29, 1.82) is 0 Å². The van der Waals surface area contributed by atoms with Crippen LogP contribution in [0.5, 0.6) is 0 Å². The molecule has 0 aromatic carbocycles. The van der Waals surface area contributed by atoms with E-state index >= 15 is 0 Å². The average molecular weight is 431 g/mol. The van der Waals surface area contributed by atoms with E-state index in [1.807, 2.05) is 25.3 Å². The molecule has 0 bridgehead atoms. The first-order valence-corrected chi connectivity index (χ1v) is 10.6. The van der Waals surface area contributed by atoms with E-state index in [0.717, 1.165) is 48.5 Å². The zero-order chi connectivity index (χ0) is 22.1. The van der Waals surface area contributed by atoms with Gasteiger partial charge in [0.25, 0.3) is 0 Å². The van der Waals surface area contributed by atoms with Crippen LogP contribution in [0.2, 0.25) is 0 Å². The molecule has 3 aromatic heterocycles. The minimum Gasteiger partial charge on any atom is -0.378 e. The largest absolute Gasteiger partial charge is 0.378 e. The number of aromatic nitrogens is 3. The molecular formula is C24H22FN5O2. The lowest BCUT2D eigenvalue weighted by atomic mass is 10.1. The maximum absolute atomic E-state index is 13.2. The lowest BCUT2D eigenvalue weighted by Gasteiger charge is -2.28. The molecule has 3 aromatic rings. The number of nitrogens with zero attached hydrogens (tertiary/aromatic N) is 4. The van der Waals surface area contributed by atoms with Gasteiger partial charge >= 0.3 is 0 Å². The number of morpholine rings is 1. The maximum atomic E-state index is 13.2. The van der Waals surface area contributed by atoms with Gasteiger partial charge < -0.3 is 15.0 Å². The molecule has 1 saturated heterocycles. The highest BCUT2D eigenvalue weighted by Gasteiger charge is 2.43. The number of ether oxygens (including phenoxy) is 1. The molecule has 1 N–H and O–H groups in total. The lowest BCUT2D eigenvalue weighted by molar-refractivity contribution is -0.117. The van der Waals surface area contributed by atoms with Crippen LogP contribution in [-0.4, -0.2) is 53.3 Å². The van der Waals surface area contributed by atoms with E-state index in [9.17, 15) is 9.18 Å². The number of nitrogens with one attached hydrogen (secondary N) is 1. The van der Waals surface area contributed by atoms with Gasteiger partial charge in [-0.2, -0.15) is 0 Å². The van der Waals surface area contributed by atoms with Crippen molar-refractivity contribution in [2.45, 2.75) is 19.5 Å². The molecule has 1 aliphatic carbocycles. The molecule has 32 heavy (non-hydrogen) atoms. The van der Waals surface area contributed by atoms with Crippen molar-refractivity contribution >= 4 is 28.2 Å². The highest BCUT2D eigenvalue weighted by Crippen LogP contribution is 2.34. The molecule has 5 rings (SSSR count). The van der Waals surface area contributed by atoms with Crippen molar-refractivity contribution in [3.63, 3.8) is 0 Å². The Morgan fingerprint density at radius 3 is 2.66 bits per heavy atom. The van der Waals surface area contributed by atoms with Crippen molar-refractivity contribution in [1.82, 2.24) is 15.0 Å². The van der Waals surface area contributed by atoms with Gasteiger partial charge in [-0.05, 0) is 37.5 Å². The fourth-order valence-corrected chi connectivity index (χ4v) is 3.69. The number of fused-ring (bicyclic) bond motifs is 1. The Kier molecular flexibility index (Phi) is 5.41. The van der Waals surface area contributed by atoms with E-state index in [2.05, 4.69) is 37.0 Å². The Balaban J connectivity index is 1.40. The smallest absolute Gasteiger partial charge is 0.231 e. The highest BCUT2D eigenvalue weighted by atomic mass is 19.1. The number of carbonyl (C=O) groups excluding carboxylic acids is 1. The van der Waals surface area contributed by atoms with Crippen LogP contribution in [0, 0.1) is 24.7 Å². The average Bonchev–Trinajstić information content (AvgIpc) is 3.56. The van der Waals surface area contributed by atoms with Crippen LogP contribution >= 0.6 is 0 Å². The van der Waals surface area contributed by atoms with Crippen LogP contribution in [-0.2, 0) is 9.53 Å². The fraction of sp³-hybridized carbons (Fsp3) is 0.333. The zero-order valence-electron chi connectivity index (χ0n) is 17.6. The van der Waals surface area contributed by atoms with Crippen molar-refractivity contribution in [2.24, 2.45) is 5.92 Å².